The highest BCUT2D eigenvalue weighted by Crippen LogP contribution is 2.66. The summed E-state index contributed by atoms with van der Waals surface area (Å²) in [7, 11) is 0. The minimum atomic E-state index is 0.732. The van der Waals surface area contributed by atoms with Crippen molar-refractivity contribution in [3.63, 3.8) is 0 Å². The molecule has 2 nitrogen and oxygen atoms in total. The van der Waals surface area contributed by atoms with Crippen molar-refractivity contribution in [2.45, 2.75) is 25.3 Å². The molecule has 3 aliphatic carbocycles. The highest BCUT2D eigenvalue weighted by Gasteiger charge is 2.65. The van der Waals surface area contributed by atoms with Gasteiger partial charge >= 0.3 is 0 Å². The molecule has 0 aliphatic heterocycles. The zero-order valence-corrected chi connectivity index (χ0v) is 9.39. The van der Waals surface area contributed by atoms with Gasteiger partial charge in [-0.2, -0.15) is 0 Å². The van der Waals surface area contributed by atoms with Gasteiger partial charge in [0.1, 0.15) is 0 Å². The maximum atomic E-state index is 5.97. The molecule has 84 valence electrons. The molecule has 3 fully saturated rings. The second kappa shape index (κ2) is 2.93. The second-order valence-electron chi connectivity index (χ2n) is 5.75. The Kier molecular flexibility index (Phi) is 1.63. The average molecular weight is 214 g/mol. The summed E-state index contributed by atoms with van der Waals surface area (Å²) in [6, 6.07) is 8.87. The molecule has 16 heavy (non-hydrogen) atoms. The molecule has 0 heterocycles. The van der Waals surface area contributed by atoms with Gasteiger partial charge < -0.3 is 11.1 Å². The number of fused-ring (bicyclic) bond motifs is 5. The third-order valence-electron chi connectivity index (χ3n) is 5.02. The minimum Gasteiger partial charge on any atom is -0.397 e. The maximum Gasteiger partial charge on any atom is 0.0576 e. The van der Waals surface area contributed by atoms with Gasteiger partial charge in [-0.05, 0) is 55.1 Å². The number of hydrogen-bond donors (Lipinski definition) is 2. The zero-order chi connectivity index (χ0) is 10.7. The fourth-order valence-corrected chi connectivity index (χ4v) is 4.33. The van der Waals surface area contributed by atoms with Crippen molar-refractivity contribution in [1.29, 1.82) is 0 Å². The summed E-state index contributed by atoms with van der Waals surface area (Å²) >= 11 is 0. The van der Waals surface area contributed by atoms with Gasteiger partial charge in [0.15, 0.2) is 0 Å². The highest BCUT2D eigenvalue weighted by molar-refractivity contribution is 5.66. The van der Waals surface area contributed by atoms with E-state index in [2.05, 4.69) is 17.4 Å². The predicted octanol–water partition coefficient (Wildman–Crippen LogP) is 2.73. The highest BCUT2D eigenvalue weighted by atomic mass is 15.0. The number of nitrogen functional groups attached to an aromatic ring is 1. The van der Waals surface area contributed by atoms with Crippen LogP contribution in [0.5, 0.6) is 0 Å². The summed E-state index contributed by atoms with van der Waals surface area (Å²) in [5.74, 6) is 3.99. The van der Waals surface area contributed by atoms with Crippen LogP contribution in [-0.2, 0) is 0 Å². The number of benzene rings is 1. The van der Waals surface area contributed by atoms with Crippen LogP contribution in [-0.4, -0.2) is 6.04 Å². The van der Waals surface area contributed by atoms with Crippen LogP contribution in [0.3, 0.4) is 0 Å². The first-order valence-electron chi connectivity index (χ1n) is 6.45. The van der Waals surface area contributed by atoms with Gasteiger partial charge in [0.25, 0.3) is 0 Å². The Labute approximate surface area is 96.2 Å². The van der Waals surface area contributed by atoms with Gasteiger partial charge in [-0.1, -0.05) is 12.1 Å². The normalized spacial score (nSPS) is 43.1. The van der Waals surface area contributed by atoms with Crippen molar-refractivity contribution in [2.24, 2.45) is 23.7 Å². The smallest absolute Gasteiger partial charge is 0.0576 e. The molecule has 0 aromatic heterocycles. The fraction of sp³-hybridized carbons (Fsp3) is 0.571. The van der Waals surface area contributed by atoms with Crippen LogP contribution in [0.15, 0.2) is 24.3 Å². The molecule has 3 saturated carbocycles. The summed E-state index contributed by atoms with van der Waals surface area (Å²) in [6.45, 7) is 0. The van der Waals surface area contributed by atoms with Crippen molar-refractivity contribution in [2.75, 3.05) is 11.1 Å². The lowest BCUT2D eigenvalue weighted by atomic mass is 10.0. The molecule has 3 aliphatic rings. The Morgan fingerprint density at radius 2 is 1.75 bits per heavy atom. The number of nitrogens with one attached hydrogen (secondary N) is 1. The van der Waals surface area contributed by atoms with Crippen LogP contribution in [0, 0.1) is 23.7 Å². The van der Waals surface area contributed by atoms with Gasteiger partial charge in [-0.25, -0.2) is 0 Å². The van der Waals surface area contributed by atoms with Crippen LogP contribution in [0.4, 0.5) is 11.4 Å². The lowest BCUT2D eigenvalue weighted by Crippen LogP contribution is -2.13. The minimum absolute atomic E-state index is 0.732. The Hall–Kier alpha value is -1.18. The van der Waals surface area contributed by atoms with E-state index in [0.717, 1.165) is 41.1 Å². The van der Waals surface area contributed by atoms with Crippen LogP contribution in [0.2, 0.25) is 0 Å². The molecule has 4 unspecified atom stereocenters. The first kappa shape index (κ1) is 8.91. The average Bonchev–Trinajstić information content (AvgIpc) is 2.71. The molecule has 3 N–H and O–H groups in total. The number of anilines is 2. The first-order chi connectivity index (χ1) is 7.84. The van der Waals surface area contributed by atoms with E-state index in [-0.39, 0.29) is 0 Å². The van der Waals surface area contributed by atoms with Crippen molar-refractivity contribution in [3.05, 3.63) is 24.3 Å². The summed E-state index contributed by atoms with van der Waals surface area (Å²) in [4.78, 5) is 0. The zero-order valence-electron chi connectivity index (χ0n) is 9.39. The molecule has 0 amide bonds. The quantitative estimate of drug-likeness (QED) is 0.743. The number of rotatable bonds is 2. The van der Waals surface area contributed by atoms with Gasteiger partial charge in [-0.15, -0.1) is 0 Å². The van der Waals surface area contributed by atoms with Crippen molar-refractivity contribution < 1.29 is 0 Å². The van der Waals surface area contributed by atoms with E-state index in [9.17, 15) is 0 Å². The number of hydrogen-bond acceptors (Lipinski definition) is 2. The Bertz CT molecular complexity index is 412. The molecule has 0 saturated heterocycles. The van der Waals surface area contributed by atoms with Crippen LogP contribution in [0.25, 0.3) is 0 Å². The summed E-state index contributed by atoms with van der Waals surface area (Å²) in [5, 5.41) is 3.66. The summed E-state index contributed by atoms with van der Waals surface area (Å²) in [5.41, 5.74) is 8.00. The predicted molar refractivity (Wildman–Crippen MR) is 66.1 cm³/mol. The van der Waals surface area contributed by atoms with E-state index < -0.39 is 0 Å². The Morgan fingerprint density at radius 1 is 1.06 bits per heavy atom. The third kappa shape index (κ3) is 1.07. The lowest BCUT2D eigenvalue weighted by molar-refractivity contribution is 0.456. The van der Waals surface area contributed by atoms with Crippen molar-refractivity contribution >= 4 is 11.4 Å². The SMILES string of the molecule is Nc1ccccc1NC1C2C3CCC(C3)C12. The van der Waals surface area contributed by atoms with Gasteiger partial charge in [-0.3, -0.25) is 0 Å². The molecule has 4 atom stereocenters. The van der Waals surface area contributed by atoms with Crippen molar-refractivity contribution in [1.82, 2.24) is 0 Å². The van der Waals surface area contributed by atoms with Gasteiger partial charge in [0.05, 0.1) is 11.4 Å². The third-order valence-corrected chi connectivity index (χ3v) is 5.02. The molecule has 4 rings (SSSR count). The monoisotopic (exact) mass is 214 g/mol. The molecular weight excluding hydrogens is 196 g/mol. The van der Waals surface area contributed by atoms with Crippen LogP contribution in [0.1, 0.15) is 19.3 Å². The van der Waals surface area contributed by atoms with E-state index in [1.807, 2.05) is 12.1 Å². The molecular formula is C14H18N2. The van der Waals surface area contributed by atoms with Gasteiger partial charge in [0, 0.05) is 6.04 Å². The Morgan fingerprint density at radius 3 is 2.44 bits per heavy atom. The molecule has 0 radical (unpaired) electrons. The van der Waals surface area contributed by atoms with E-state index in [1.54, 1.807) is 0 Å². The molecule has 1 aromatic rings. The van der Waals surface area contributed by atoms with E-state index in [1.165, 1.54) is 19.3 Å². The largest absolute Gasteiger partial charge is 0.397 e. The second-order valence-corrected chi connectivity index (χ2v) is 5.75. The van der Waals surface area contributed by atoms with E-state index >= 15 is 0 Å². The number of nitrogens with two attached hydrogens (primary N) is 1. The lowest BCUT2D eigenvalue weighted by Gasteiger charge is -2.13. The summed E-state index contributed by atoms with van der Waals surface area (Å²) in [6.07, 6.45) is 4.47. The Balaban J connectivity index is 1.53. The molecule has 1 aromatic carbocycles. The topological polar surface area (TPSA) is 38.0 Å². The molecule has 2 heteroatoms. The maximum absolute atomic E-state index is 5.97. The van der Waals surface area contributed by atoms with Crippen LogP contribution < -0.4 is 11.1 Å². The number of para-hydroxylation sites is 2. The van der Waals surface area contributed by atoms with E-state index in [0.29, 0.717) is 0 Å². The van der Waals surface area contributed by atoms with Crippen molar-refractivity contribution in [3.8, 4) is 0 Å². The van der Waals surface area contributed by atoms with Gasteiger partial charge in [0.2, 0.25) is 0 Å². The van der Waals surface area contributed by atoms with E-state index in [4.69, 9.17) is 5.73 Å². The fourth-order valence-electron chi connectivity index (χ4n) is 4.33. The standard InChI is InChI=1S/C14H18N2/c15-10-3-1-2-4-11(10)16-14-12-8-5-6-9(7-8)13(12)14/h1-4,8-9,12-14,16H,5-7,15H2. The molecule has 2 bridgehead atoms. The summed E-state index contributed by atoms with van der Waals surface area (Å²) < 4.78 is 0. The molecule has 0 spiro atoms. The first-order valence-corrected chi connectivity index (χ1v) is 6.45. The van der Waals surface area contributed by atoms with Crippen LogP contribution >= 0.6 is 0 Å².